The molecule has 1 aromatic rings. The van der Waals surface area contributed by atoms with Crippen LogP contribution in [0, 0.1) is 5.92 Å². The molecule has 0 radical (unpaired) electrons. The van der Waals surface area contributed by atoms with E-state index in [9.17, 15) is 0 Å². The summed E-state index contributed by atoms with van der Waals surface area (Å²) in [5, 5.41) is 0.714. The highest BCUT2D eigenvalue weighted by Gasteiger charge is 2.02. The topological polar surface area (TPSA) is 25.8 Å². The normalized spacial score (nSPS) is 10.7. The molecule has 0 aromatic carbocycles. The number of alkyl halides is 1. The Balaban J connectivity index is 2.47. The molecule has 0 atom stereocenters. The smallest absolute Gasteiger partial charge is 0.138 e. The van der Waals surface area contributed by atoms with Crippen LogP contribution in [0.5, 0.6) is 0 Å². The summed E-state index contributed by atoms with van der Waals surface area (Å²) in [6.07, 6.45) is 5.81. The van der Waals surface area contributed by atoms with Crippen LogP contribution in [0.15, 0.2) is 24.5 Å². The lowest BCUT2D eigenvalue weighted by molar-refractivity contribution is 0.711. The molecule has 1 rings (SSSR count). The van der Waals surface area contributed by atoms with Gasteiger partial charge in [0.1, 0.15) is 5.82 Å². The Morgan fingerprint density at radius 2 is 2.00 bits per heavy atom. The summed E-state index contributed by atoms with van der Waals surface area (Å²) in [7, 11) is 0. The van der Waals surface area contributed by atoms with E-state index >= 15 is 0 Å². The zero-order chi connectivity index (χ0) is 11.3. The van der Waals surface area contributed by atoms with E-state index in [0.717, 1.165) is 18.7 Å². The van der Waals surface area contributed by atoms with Gasteiger partial charge in [-0.3, -0.25) is 0 Å². The van der Waals surface area contributed by atoms with Crippen LogP contribution in [-0.2, 0) is 11.8 Å². The number of hydrogen-bond donors (Lipinski definition) is 0. The van der Waals surface area contributed by atoms with E-state index in [1.807, 2.05) is 12.4 Å². The van der Waals surface area contributed by atoms with E-state index in [-0.39, 0.29) is 0 Å². The van der Waals surface area contributed by atoms with Gasteiger partial charge >= 0.3 is 0 Å². The highest BCUT2D eigenvalue weighted by molar-refractivity contribution is 9.08. The van der Waals surface area contributed by atoms with Crippen molar-refractivity contribution < 1.29 is 0 Å². The van der Waals surface area contributed by atoms with Gasteiger partial charge in [0.15, 0.2) is 0 Å². The Morgan fingerprint density at radius 1 is 1.40 bits per heavy atom. The fraction of sp³-hybridized carbons (Fsp3) is 0.500. The van der Waals surface area contributed by atoms with Crippen LogP contribution in [0.1, 0.15) is 31.7 Å². The van der Waals surface area contributed by atoms with Gasteiger partial charge in [0.2, 0.25) is 0 Å². The van der Waals surface area contributed by atoms with Crippen molar-refractivity contribution >= 4 is 15.9 Å². The van der Waals surface area contributed by atoms with Crippen molar-refractivity contribution in [3.8, 4) is 0 Å². The highest BCUT2D eigenvalue weighted by atomic mass is 79.9. The molecule has 0 aliphatic heterocycles. The minimum Gasteiger partial charge on any atom is -0.240 e. The first-order valence-corrected chi connectivity index (χ1v) is 6.29. The summed E-state index contributed by atoms with van der Waals surface area (Å²) in [6.45, 7) is 8.40. The molecule has 0 bridgehead atoms. The monoisotopic (exact) mass is 268 g/mol. The molecule has 0 aliphatic carbocycles. The van der Waals surface area contributed by atoms with Gasteiger partial charge in [0, 0.05) is 12.4 Å². The molecule has 0 N–H and O–H groups in total. The minimum absolute atomic E-state index is 0.563. The van der Waals surface area contributed by atoms with Crippen molar-refractivity contribution in [2.75, 3.05) is 0 Å². The van der Waals surface area contributed by atoms with Crippen LogP contribution in [0.25, 0.3) is 0 Å². The number of hydrogen-bond acceptors (Lipinski definition) is 2. The molecule has 15 heavy (non-hydrogen) atoms. The Bertz CT molecular complexity index is 317. The summed E-state index contributed by atoms with van der Waals surface area (Å²) >= 11 is 3.32. The molecule has 0 fully saturated rings. The molecule has 1 heterocycles. The minimum atomic E-state index is 0.563. The zero-order valence-corrected chi connectivity index (χ0v) is 10.9. The van der Waals surface area contributed by atoms with Crippen LogP contribution in [0.2, 0.25) is 0 Å². The first-order valence-electron chi connectivity index (χ1n) is 5.17. The standard InChI is InChI=1S/C12H17BrN2/c1-9(2)10(3)4-5-11-7-14-12(6-13)15-8-11/h7-9H,3-6H2,1-2H3. The molecule has 2 nitrogen and oxygen atoms in total. The molecule has 0 saturated carbocycles. The molecular weight excluding hydrogens is 252 g/mol. The van der Waals surface area contributed by atoms with E-state index in [2.05, 4.69) is 46.3 Å². The number of allylic oxidation sites excluding steroid dienone is 1. The molecule has 0 unspecified atom stereocenters. The van der Waals surface area contributed by atoms with Crippen molar-refractivity contribution in [2.45, 2.75) is 32.0 Å². The molecule has 3 heteroatoms. The summed E-state index contributed by atoms with van der Waals surface area (Å²) in [6, 6.07) is 0. The Morgan fingerprint density at radius 3 is 2.47 bits per heavy atom. The maximum absolute atomic E-state index is 4.23. The van der Waals surface area contributed by atoms with Crippen molar-refractivity contribution in [2.24, 2.45) is 5.92 Å². The first-order chi connectivity index (χ1) is 7.13. The first kappa shape index (κ1) is 12.4. The second kappa shape index (κ2) is 6.01. The maximum atomic E-state index is 4.23. The lowest BCUT2D eigenvalue weighted by Gasteiger charge is -2.08. The van der Waals surface area contributed by atoms with Gasteiger partial charge in [-0.2, -0.15) is 0 Å². The van der Waals surface area contributed by atoms with Crippen LogP contribution in [0.4, 0.5) is 0 Å². The third-order valence-electron chi connectivity index (χ3n) is 2.43. The maximum Gasteiger partial charge on any atom is 0.138 e. The fourth-order valence-corrected chi connectivity index (χ4v) is 1.46. The van der Waals surface area contributed by atoms with Gasteiger partial charge < -0.3 is 0 Å². The zero-order valence-electron chi connectivity index (χ0n) is 9.33. The quantitative estimate of drug-likeness (QED) is 0.603. The molecule has 0 saturated heterocycles. The van der Waals surface area contributed by atoms with Crippen molar-refractivity contribution in [1.82, 2.24) is 9.97 Å². The van der Waals surface area contributed by atoms with Gasteiger partial charge in [-0.05, 0) is 24.3 Å². The van der Waals surface area contributed by atoms with Crippen LogP contribution in [0.3, 0.4) is 0 Å². The van der Waals surface area contributed by atoms with Crippen LogP contribution < -0.4 is 0 Å². The van der Waals surface area contributed by atoms with E-state index < -0.39 is 0 Å². The average molecular weight is 269 g/mol. The van der Waals surface area contributed by atoms with E-state index in [4.69, 9.17) is 0 Å². The summed E-state index contributed by atoms with van der Waals surface area (Å²) in [5.41, 5.74) is 2.47. The number of nitrogens with zero attached hydrogens (tertiary/aromatic N) is 2. The Labute approximate surface area is 100.0 Å². The van der Waals surface area contributed by atoms with Gasteiger partial charge in [-0.1, -0.05) is 41.9 Å². The van der Waals surface area contributed by atoms with E-state index in [0.29, 0.717) is 11.2 Å². The predicted molar refractivity (Wildman–Crippen MR) is 67.0 cm³/mol. The average Bonchev–Trinajstić information content (AvgIpc) is 2.26. The summed E-state index contributed by atoms with van der Waals surface area (Å²) in [4.78, 5) is 8.46. The van der Waals surface area contributed by atoms with E-state index in [1.165, 1.54) is 11.1 Å². The van der Waals surface area contributed by atoms with Crippen LogP contribution in [-0.4, -0.2) is 9.97 Å². The number of rotatable bonds is 5. The van der Waals surface area contributed by atoms with Crippen LogP contribution >= 0.6 is 15.9 Å². The Hall–Kier alpha value is -0.700. The van der Waals surface area contributed by atoms with E-state index in [1.54, 1.807) is 0 Å². The number of halogens is 1. The molecule has 0 aliphatic rings. The number of aryl methyl sites for hydroxylation is 1. The molecular formula is C12H17BrN2. The predicted octanol–water partition coefficient (Wildman–Crippen LogP) is 3.52. The van der Waals surface area contributed by atoms with Gasteiger partial charge in [-0.25, -0.2) is 9.97 Å². The fourth-order valence-electron chi connectivity index (χ4n) is 1.17. The summed E-state index contributed by atoms with van der Waals surface area (Å²) < 4.78 is 0. The largest absolute Gasteiger partial charge is 0.240 e. The van der Waals surface area contributed by atoms with Gasteiger partial charge in [0.25, 0.3) is 0 Å². The van der Waals surface area contributed by atoms with Crippen molar-refractivity contribution in [3.05, 3.63) is 35.9 Å². The molecule has 0 amide bonds. The number of aromatic nitrogens is 2. The van der Waals surface area contributed by atoms with Crippen molar-refractivity contribution in [3.63, 3.8) is 0 Å². The molecule has 0 spiro atoms. The molecule has 82 valence electrons. The lowest BCUT2D eigenvalue weighted by atomic mass is 9.99. The lowest BCUT2D eigenvalue weighted by Crippen LogP contribution is -1.97. The van der Waals surface area contributed by atoms with Gasteiger partial charge in [0.05, 0.1) is 5.33 Å². The third kappa shape index (κ3) is 4.12. The Kier molecular flexibility index (Phi) is 4.95. The summed E-state index contributed by atoms with van der Waals surface area (Å²) in [5.74, 6) is 1.40. The molecule has 1 aromatic heterocycles. The second-order valence-corrected chi connectivity index (χ2v) is 4.51. The van der Waals surface area contributed by atoms with Gasteiger partial charge in [-0.15, -0.1) is 0 Å². The third-order valence-corrected chi connectivity index (χ3v) is 2.93. The second-order valence-electron chi connectivity index (χ2n) is 3.95. The highest BCUT2D eigenvalue weighted by Crippen LogP contribution is 2.14. The SMILES string of the molecule is C=C(CCc1cnc(CBr)nc1)C(C)C. The van der Waals surface area contributed by atoms with Crippen molar-refractivity contribution in [1.29, 1.82) is 0 Å².